The van der Waals surface area contributed by atoms with Crippen LogP contribution < -0.4 is 4.74 Å². The van der Waals surface area contributed by atoms with Crippen molar-refractivity contribution in [2.45, 2.75) is 36.4 Å². The molecule has 2 aromatic carbocycles. The van der Waals surface area contributed by atoms with Crippen LogP contribution in [0, 0.1) is 5.82 Å². The summed E-state index contributed by atoms with van der Waals surface area (Å²) in [6.07, 6.45) is 4.31. The third-order valence-electron chi connectivity index (χ3n) is 4.85. The Morgan fingerprint density at radius 3 is 2.85 bits per heavy atom. The van der Waals surface area contributed by atoms with E-state index in [4.69, 9.17) is 9.47 Å². The number of imidazole rings is 1. The van der Waals surface area contributed by atoms with Crippen molar-refractivity contribution < 1.29 is 13.9 Å². The van der Waals surface area contributed by atoms with Crippen molar-refractivity contribution in [1.29, 1.82) is 0 Å². The Labute approximate surface area is 161 Å². The number of ether oxygens (including phenoxy) is 2. The zero-order valence-corrected chi connectivity index (χ0v) is 15.5. The second-order valence-corrected chi connectivity index (χ2v) is 7.79. The van der Waals surface area contributed by atoms with Crippen LogP contribution in [0.3, 0.4) is 0 Å². The predicted molar refractivity (Wildman–Crippen MR) is 102 cm³/mol. The average molecular weight is 382 g/mol. The quantitative estimate of drug-likeness (QED) is 0.570. The van der Waals surface area contributed by atoms with Gasteiger partial charge in [-0.25, -0.2) is 9.37 Å². The van der Waals surface area contributed by atoms with E-state index < -0.39 is 0 Å². The molecule has 0 bridgehead atoms. The van der Waals surface area contributed by atoms with Crippen molar-refractivity contribution in [3.8, 4) is 17.0 Å². The molecule has 4 nitrogen and oxygen atoms in total. The first-order chi connectivity index (χ1) is 13.3. The molecular formula is C21H19FN2O2S. The van der Waals surface area contributed by atoms with E-state index in [1.165, 1.54) is 24.5 Å². The Morgan fingerprint density at radius 2 is 2.04 bits per heavy atom. The number of rotatable bonds is 5. The second kappa shape index (κ2) is 7.02. The van der Waals surface area contributed by atoms with Gasteiger partial charge in [0.2, 0.25) is 0 Å². The lowest BCUT2D eigenvalue weighted by molar-refractivity contribution is -0.0171. The number of hydrogen-bond donors (Lipinski definition) is 0. The Kier molecular flexibility index (Phi) is 4.38. The molecule has 6 heteroatoms. The van der Waals surface area contributed by atoms with Crippen LogP contribution >= 0.6 is 11.8 Å². The fourth-order valence-electron chi connectivity index (χ4n) is 3.46. The Balaban J connectivity index is 1.44. The van der Waals surface area contributed by atoms with E-state index in [2.05, 4.69) is 21.7 Å². The normalized spacial score (nSPS) is 16.0. The summed E-state index contributed by atoms with van der Waals surface area (Å²) >= 11 is 1.63. The third-order valence-corrected chi connectivity index (χ3v) is 5.87. The highest BCUT2D eigenvalue weighted by molar-refractivity contribution is 7.98. The van der Waals surface area contributed by atoms with E-state index in [0.717, 1.165) is 27.7 Å². The van der Waals surface area contributed by atoms with Crippen LogP contribution in [-0.4, -0.2) is 16.3 Å². The van der Waals surface area contributed by atoms with Crippen molar-refractivity contribution in [3.05, 3.63) is 65.6 Å². The SMILES string of the molecule is Fc1cc2c(c(CSc3ncc(-c4ccccc4)n3C3CC3)c1)OCOC2. The molecule has 1 saturated carbocycles. The maximum atomic E-state index is 14.0. The van der Waals surface area contributed by atoms with Crippen LogP contribution in [0.4, 0.5) is 4.39 Å². The lowest BCUT2D eigenvalue weighted by atomic mass is 10.1. The van der Waals surface area contributed by atoms with Crippen molar-refractivity contribution in [3.63, 3.8) is 0 Å². The van der Waals surface area contributed by atoms with Crippen molar-refractivity contribution in [1.82, 2.24) is 9.55 Å². The molecule has 0 atom stereocenters. The van der Waals surface area contributed by atoms with Gasteiger partial charge in [-0.1, -0.05) is 42.1 Å². The van der Waals surface area contributed by atoms with Crippen LogP contribution in [0.1, 0.15) is 30.0 Å². The summed E-state index contributed by atoms with van der Waals surface area (Å²) < 4.78 is 27.2. The van der Waals surface area contributed by atoms with Crippen LogP contribution in [0.25, 0.3) is 11.3 Å². The summed E-state index contributed by atoms with van der Waals surface area (Å²) in [7, 11) is 0. The number of fused-ring (bicyclic) bond motifs is 1. The zero-order valence-electron chi connectivity index (χ0n) is 14.7. The molecular weight excluding hydrogens is 363 g/mol. The first kappa shape index (κ1) is 16.8. The summed E-state index contributed by atoms with van der Waals surface area (Å²) in [5.41, 5.74) is 3.94. The molecule has 27 heavy (non-hydrogen) atoms. The van der Waals surface area contributed by atoms with Gasteiger partial charge in [0.1, 0.15) is 11.6 Å². The molecule has 0 amide bonds. The fourth-order valence-corrected chi connectivity index (χ4v) is 4.48. The monoisotopic (exact) mass is 382 g/mol. The van der Waals surface area contributed by atoms with E-state index >= 15 is 0 Å². The second-order valence-electron chi connectivity index (χ2n) is 6.85. The lowest BCUT2D eigenvalue weighted by Gasteiger charge is -2.20. The van der Waals surface area contributed by atoms with Crippen molar-refractivity contribution in [2.24, 2.45) is 0 Å². The number of aromatic nitrogens is 2. The molecule has 1 aliphatic heterocycles. The summed E-state index contributed by atoms with van der Waals surface area (Å²) in [5.74, 6) is 1.11. The van der Waals surface area contributed by atoms with Crippen LogP contribution in [0.5, 0.6) is 5.75 Å². The molecule has 0 spiro atoms. The van der Waals surface area contributed by atoms with E-state index in [-0.39, 0.29) is 12.6 Å². The van der Waals surface area contributed by atoms with Gasteiger partial charge in [-0.05, 0) is 30.5 Å². The van der Waals surface area contributed by atoms with Gasteiger partial charge in [0.15, 0.2) is 11.9 Å². The molecule has 0 unspecified atom stereocenters. The summed E-state index contributed by atoms with van der Waals surface area (Å²) in [4.78, 5) is 4.67. The number of hydrogen-bond acceptors (Lipinski definition) is 4. The van der Waals surface area contributed by atoms with Crippen LogP contribution in [0.2, 0.25) is 0 Å². The molecule has 0 saturated heterocycles. The molecule has 1 fully saturated rings. The highest BCUT2D eigenvalue weighted by Crippen LogP contribution is 2.43. The van der Waals surface area contributed by atoms with Gasteiger partial charge in [0.05, 0.1) is 18.5 Å². The van der Waals surface area contributed by atoms with Gasteiger partial charge in [0, 0.05) is 22.9 Å². The number of benzene rings is 2. The van der Waals surface area contributed by atoms with Gasteiger partial charge >= 0.3 is 0 Å². The Morgan fingerprint density at radius 1 is 1.19 bits per heavy atom. The summed E-state index contributed by atoms with van der Waals surface area (Å²) in [6.45, 7) is 0.602. The molecule has 1 aliphatic carbocycles. The minimum absolute atomic E-state index is 0.213. The van der Waals surface area contributed by atoms with Crippen molar-refractivity contribution in [2.75, 3.05) is 6.79 Å². The molecule has 0 N–H and O–H groups in total. The number of thioether (sulfide) groups is 1. The summed E-state index contributed by atoms with van der Waals surface area (Å²) in [5, 5.41) is 0.974. The predicted octanol–water partition coefficient (Wildman–Crippen LogP) is 5.18. The van der Waals surface area contributed by atoms with Crippen LogP contribution in [-0.2, 0) is 17.1 Å². The lowest BCUT2D eigenvalue weighted by Crippen LogP contribution is -2.13. The number of halogens is 1. The largest absolute Gasteiger partial charge is 0.467 e. The van der Waals surface area contributed by atoms with Gasteiger partial charge < -0.3 is 14.0 Å². The minimum Gasteiger partial charge on any atom is -0.467 e. The fraction of sp³-hybridized carbons (Fsp3) is 0.286. The maximum Gasteiger partial charge on any atom is 0.189 e. The smallest absolute Gasteiger partial charge is 0.189 e. The molecule has 1 aromatic heterocycles. The maximum absolute atomic E-state index is 14.0. The van der Waals surface area contributed by atoms with Gasteiger partial charge in [-0.15, -0.1) is 0 Å². The van der Waals surface area contributed by atoms with E-state index in [1.807, 2.05) is 24.4 Å². The first-order valence-corrected chi connectivity index (χ1v) is 10.1. The minimum atomic E-state index is -0.256. The number of nitrogens with zero attached hydrogens (tertiary/aromatic N) is 2. The molecule has 0 radical (unpaired) electrons. The highest BCUT2D eigenvalue weighted by atomic mass is 32.2. The van der Waals surface area contributed by atoms with Crippen LogP contribution in [0.15, 0.2) is 53.8 Å². The molecule has 2 heterocycles. The molecule has 138 valence electrons. The Bertz CT molecular complexity index is 970. The standard InChI is InChI=1S/C21H19FN2O2S/c22-17-8-15-11-25-13-26-20(15)16(9-17)12-27-21-23-10-19(24(21)18-6-7-18)14-4-2-1-3-5-14/h1-5,8-10,18H,6-7,11-13H2. The average Bonchev–Trinajstić information content (AvgIpc) is 3.45. The summed E-state index contributed by atoms with van der Waals surface area (Å²) in [6, 6.07) is 13.9. The van der Waals surface area contributed by atoms with Gasteiger partial charge in [-0.3, -0.25) is 0 Å². The van der Waals surface area contributed by atoms with Crippen molar-refractivity contribution >= 4 is 11.8 Å². The Hall–Kier alpha value is -2.31. The van der Waals surface area contributed by atoms with E-state index in [0.29, 0.717) is 18.4 Å². The first-order valence-electron chi connectivity index (χ1n) is 9.07. The topological polar surface area (TPSA) is 36.3 Å². The molecule has 5 rings (SSSR count). The highest BCUT2D eigenvalue weighted by Gasteiger charge is 2.29. The van der Waals surface area contributed by atoms with Gasteiger partial charge in [0.25, 0.3) is 0 Å². The molecule has 3 aromatic rings. The third kappa shape index (κ3) is 3.35. The van der Waals surface area contributed by atoms with E-state index in [1.54, 1.807) is 17.8 Å². The van der Waals surface area contributed by atoms with E-state index in [9.17, 15) is 4.39 Å². The molecule has 2 aliphatic rings. The van der Waals surface area contributed by atoms with Gasteiger partial charge in [-0.2, -0.15) is 0 Å². The zero-order chi connectivity index (χ0) is 18.2.